The Hall–Kier alpha value is -8.80. The van der Waals surface area contributed by atoms with Gasteiger partial charge in [0, 0.05) is 45.0 Å². The average molecular weight is 916 g/mol. The van der Waals surface area contributed by atoms with Crippen molar-refractivity contribution in [1.82, 2.24) is 14.1 Å². The Bertz CT molecular complexity index is 5080. The van der Waals surface area contributed by atoms with Gasteiger partial charge in [0.15, 0.2) is 0 Å². The van der Waals surface area contributed by atoms with E-state index in [1.165, 1.54) is 51.6 Å². The molecule has 3 heterocycles. The van der Waals surface area contributed by atoms with E-state index >= 15 is 0 Å². The first-order valence-corrected chi connectivity index (χ1v) is 21.3. The summed E-state index contributed by atoms with van der Waals surface area (Å²) in [4.78, 5) is 4.66. The zero-order valence-corrected chi connectivity index (χ0v) is 35.8. The maximum Gasteiger partial charge on any atom is 0.269 e. The first-order chi connectivity index (χ1) is 44.9. The molecule has 12 aromatic rings. The second-order valence-electron chi connectivity index (χ2n) is 15.8. The number of nitrogens with zero attached hydrogens (tertiary/aromatic N) is 4. The van der Waals surface area contributed by atoms with Crippen molar-refractivity contribution in [2.45, 2.75) is 27.4 Å². The first kappa shape index (κ1) is 21.9. The SMILES string of the molecule is [2H]c1c([2H])c([2H])c(-c2cnc(-n3c4ccccc4c4ccc(Oc5cccc(-n6[c-][n+](-c7c(-c8c([2H])c([2H])c([2H])c([2H])c8[2H])cc(C([2H])([2H])[2H])cc7-c7c([2H])c([2H])c([2H])c([2H])c7[2H])c7ccc(-c8c(C([2H])([2H])[2H])cccc8C([2H])([2H])[2H])cc76)c5)cc43)cc2C([2H])([2H])[2H])c([2H])c1[2H]. The van der Waals surface area contributed by atoms with Crippen LogP contribution in [-0.4, -0.2) is 14.1 Å². The van der Waals surface area contributed by atoms with Crippen molar-refractivity contribution in [2.24, 2.45) is 0 Å². The third kappa shape index (κ3) is 7.45. The number of hydrogen-bond acceptors (Lipinski definition) is 2. The summed E-state index contributed by atoms with van der Waals surface area (Å²) in [5.41, 5.74) is -3.14. The van der Waals surface area contributed by atoms with Gasteiger partial charge < -0.3 is 4.74 Å². The summed E-state index contributed by atoms with van der Waals surface area (Å²) in [5, 5.41) is 1.37. The summed E-state index contributed by atoms with van der Waals surface area (Å²) in [5.74, 6) is 0.418. The number of aromatic nitrogens is 4. The number of rotatable bonds is 9. The highest BCUT2D eigenvalue weighted by molar-refractivity contribution is 6.09. The molecule has 0 spiro atoms. The standard InChI is InChI=1S/C64H48N4O/c1-42-34-55(46-20-8-5-9-21-46)64(56(35-42)47-22-10-6-11-23-47)67-41-66(61-37-49(30-33-59(61)67)63-43(2)18-16-19-44(63)3)50-26-17-27-51(38-50)69-52-31-32-54-53-28-14-15-29-58(53)68(60(54)39-52)62-36-45(4)57(40-65-62)48-24-12-7-13-25-48/h5-40H,1-4H3/i1D3,2D3,3D3,4D3,5D,6D,7D,8D,9D,10D,11D,12D,13D,20D,21D,22D,23D,24D,25D. The van der Waals surface area contributed by atoms with Gasteiger partial charge in [-0.25, -0.2) is 4.98 Å². The Morgan fingerprint density at radius 1 is 0.522 bits per heavy atom. The summed E-state index contributed by atoms with van der Waals surface area (Å²) in [6, 6.07) is 18.7. The molecule has 12 rings (SSSR count). The summed E-state index contributed by atoms with van der Waals surface area (Å²) < 4.78 is 246. The normalized spacial score (nSPS) is 17.8. The summed E-state index contributed by atoms with van der Waals surface area (Å²) >= 11 is 0. The fourth-order valence-electron chi connectivity index (χ4n) is 8.74. The van der Waals surface area contributed by atoms with Crippen LogP contribution in [0.15, 0.2) is 218 Å². The summed E-state index contributed by atoms with van der Waals surface area (Å²) in [6.07, 6.45) is 4.39. The number of hydrogen-bond donors (Lipinski definition) is 0. The molecule has 5 heteroatoms. The number of benzene rings is 9. The Labute approximate surface area is 440 Å². The number of pyridine rings is 1. The zero-order chi connectivity index (χ0) is 69.6. The summed E-state index contributed by atoms with van der Waals surface area (Å²) in [6.45, 7) is -11.7. The van der Waals surface area contributed by atoms with Gasteiger partial charge in [0.25, 0.3) is 6.33 Å². The predicted molar refractivity (Wildman–Crippen MR) is 283 cm³/mol. The molecule has 0 N–H and O–H groups in total. The lowest BCUT2D eigenvalue weighted by atomic mass is 9.93. The molecule has 3 aromatic heterocycles. The van der Waals surface area contributed by atoms with Crippen LogP contribution in [0.1, 0.15) is 59.3 Å². The van der Waals surface area contributed by atoms with Crippen LogP contribution in [0, 0.1) is 33.7 Å². The molecule has 0 amide bonds. The van der Waals surface area contributed by atoms with Gasteiger partial charge in [0.1, 0.15) is 17.3 Å². The molecule has 0 unspecified atom stereocenters. The monoisotopic (exact) mass is 916 g/mol. The van der Waals surface area contributed by atoms with Crippen molar-refractivity contribution in [3.63, 3.8) is 0 Å². The highest BCUT2D eigenvalue weighted by Gasteiger charge is 2.22. The molecule has 69 heavy (non-hydrogen) atoms. The van der Waals surface area contributed by atoms with Crippen LogP contribution in [0.2, 0.25) is 0 Å². The number of fused-ring (bicyclic) bond motifs is 4. The lowest BCUT2D eigenvalue weighted by molar-refractivity contribution is -0.571. The van der Waals surface area contributed by atoms with Gasteiger partial charge >= 0.3 is 0 Å². The van der Waals surface area contributed by atoms with Crippen LogP contribution in [0.25, 0.3) is 94.5 Å². The lowest BCUT2D eigenvalue weighted by Crippen LogP contribution is -2.31. The van der Waals surface area contributed by atoms with Crippen LogP contribution >= 0.6 is 0 Å². The Kier molecular flexibility index (Phi) is 5.43. The number of aryl methyl sites for hydroxylation is 4. The van der Waals surface area contributed by atoms with Crippen LogP contribution in [-0.2, 0) is 0 Å². The van der Waals surface area contributed by atoms with Crippen LogP contribution in [0.4, 0.5) is 0 Å². The van der Waals surface area contributed by atoms with Crippen LogP contribution in [0.3, 0.4) is 0 Å². The minimum Gasteiger partial charge on any atom is -0.458 e. The van der Waals surface area contributed by atoms with E-state index in [4.69, 9.17) is 36.3 Å². The highest BCUT2D eigenvalue weighted by atomic mass is 16.5. The van der Waals surface area contributed by atoms with Gasteiger partial charge in [0.05, 0.1) is 54.0 Å². The molecule has 0 aliphatic rings. The Morgan fingerprint density at radius 3 is 1.87 bits per heavy atom. The smallest absolute Gasteiger partial charge is 0.269 e. The fourth-order valence-corrected chi connectivity index (χ4v) is 8.74. The van der Waals surface area contributed by atoms with Crippen molar-refractivity contribution >= 4 is 32.8 Å². The molecule has 0 aliphatic heterocycles. The van der Waals surface area contributed by atoms with Crippen molar-refractivity contribution in [2.75, 3.05) is 0 Å². The number of ether oxygens (including phenoxy) is 1. The van der Waals surface area contributed by atoms with E-state index in [-0.39, 0.29) is 78.7 Å². The molecule has 330 valence electrons. The van der Waals surface area contributed by atoms with Crippen molar-refractivity contribution in [3.05, 3.63) is 247 Å². The van der Waals surface area contributed by atoms with Gasteiger partial charge in [0.2, 0.25) is 0 Å². The molecule has 0 atom stereocenters. The van der Waals surface area contributed by atoms with Crippen molar-refractivity contribution in [1.29, 1.82) is 0 Å². The quantitative estimate of drug-likeness (QED) is 0.107. The summed E-state index contributed by atoms with van der Waals surface area (Å²) in [7, 11) is 0. The molecule has 0 radical (unpaired) electrons. The van der Waals surface area contributed by atoms with Crippen LogP contribution in [0.5, 0.6) is 11.5 Å². The molecule has 0 fully saturated rings. The van der Waals surface area contributed by atoms with E-state index in [9.17, 15) is 5.48 Å². The van der Waals surface area contributed by atoms with E-state index < -0.39 is 146 Å². The van der Waals surface area contributed by atoms with Gasteiger partial charge in [-0.3, -0.25) is 13.7 Å². The van der Waals surface area contributed by atoms with Gasteiger partial charge in [-0.15, -0.1) is 0 Å². The van der Waals surface area contributed by atoms with E-state index in [0.717, 1.165) is 18.3 Å². The van der Waals surface area contributed by atoms with Gasteiger partial charge in [-0.1, -0.05) is 163 Å². The third-order valence-corrected chi connectivity index (χ3v) is 11.7. The second kappa shape index (κ2) is 17.1. The minimum absolute atomic E-state index is 0.0469. The fraction of sp³-hybridized carbons (Fsp3) is 0.0625. The second-order valence-corrected chi connectivity index (χ2v) is 15.8. The number of para-hydroxylation sites is 1. The molecule has 0 bridgehead atoms. The molecular weight excluding hydrogens is 841 g/mol. The average Bonchev–Trinajstić information content (AvgIpc) is 1.36. The largest absolute Gasteiger partial charge is 0.458 e. The van der Waals surface area contributed by atoms with Crippen LogP contribution < -0.4 is 9.30 Å². The maximum atomic E-state index is 9.27. The third-order valence-electron chi connectivity index (χ3n) is 11.7. The van der Waals surface area contributed by atoms with E-state index in [2.05, 4.69) is 11.3 Å². The first-order valence-electron chi connectivity index (χ1n) is 34.8. The molecule has 5 nitrogen and oxygen atoms in total. The van der Waals surface area contributed by atoms with Crippen molar-refractivity contribution < 1.29 is 46.3 Å². The number of imidazole rings is 1. The molecule has 0 saturated carbocycles. The Morgan fingerprint density at radius 2 is 1.17 bits per heavy atom. The zero-order valence-electron chi connectivity index (χ0n) is 62.8. The molecule has 0 saturated heterocycles. The van der Waals surface area contributed by atoms with E-state index in [1.807, 2.05) is 6.07 Å². The van der Waals surface area contributed by atoms with Gasteiger partial charge in [-0.05, 0) is 132 Å². The van der Waals surface area contributed by atoms with Crippen molar-refractivity contribution in [3.8, 4) is 73.2 Å². The van der Waals surface area contributed by atoms with Gasteiger partial charge in [-0.2, -0.15) is 0 Å². The maximum absolute atomic E-state index is 9.27. The molecule has 9 aromatic carbocycles. The minimum atomic E-state index is -3.07. The Balaban J connectivity index is 1.12. The highest BCUT2D eigenvalue weighted by Crippen LogP contribution is 2.39. The predicted octanol–water partition coefficient (Wildman–Crippen LogP) is 15.9. The molecule has 0 aliphatic carbocycles. The van der Waals surface area contributed by atoms with E-state index in [0.29, 0.717) is 21.8 Å². The lowest BCUT2D eigenvalue weighted by Gasteiger charge is -2.18. The van der Waals surface area contributed by atoms with E-state index in [1.54, 1.807) is 65.2 Å². The molecular formula is C64H48N4O. The topological polar surface area (TPSA) is 35.9 Å².